The molecular weight excluding hydrogens is 266 g/mol. The maximum Gasteiger partial charge on any atom is 0.488 e. The molecule has 19 heavy (non-hydrogen) atoms. The van der Waals surface area contributed by atoms with E-state index in [9.17, 15) is 4.79 Å². The lowest BCUT2D eigenvalue weighted by Gasteiger charge is -2.26. The predicted molar refractivity (Wildman–Crippen MR) is 74.2 cm³/mol. The molecule has 0 spiro atoms. The number of nitrogens with one attached hydrogen (secondary N) is 1. The predicted octanol–water partition coefficient (Wildman–Crippen LogP) is 0.151. The summed E-state index contributed by atoms with van der Waals surface area (Å²) < 4.78 is 0. The highest BCUT2D eigenvalue weighted by Gasteiger charge is 2.18. The van der Waals surface area contributed by atoms with E-state index in [4.69, 9.17) is 21.6 Å². The summed E-state index contributed by atoms with van der Waals surface area (Å²) in [5.74, 6) is -0.272. The Kier molecular flexibility index (Phi) is 4.82. The van der Waals surface area contributed by atoms with Crippen LogP contribution in [0.15, 0.2) is 18.2 Å². The Balaban J connectivity index is 2.06. The number of benzene rings is 1. The van der Waals surface area contributed by atoms with E-state index in [1.54, 1.807) is 0 Å². The average molecular weight is 283 g/mol. The van der Waals surface area contributed by atoms with Crippen LogP contribution in [-0.2, 0) is 0 Å². The number of piperidine rings is 1. The third-order valence-electron chi connectivity index (χ3n) is 3.15. The van der Waals surface area contributed by atoms with Gasteiger partial charge in [0.05, 0.1) is 10.6 Å². The van der Waals surface area contributed by atoms with Crippen LogP contribution in [0.25, 0.3) is 0 Å². The van der Waals surface area contributed by atoms with Crippen LogP contribution in [0.2, 0.25) is 5.02 Å². The van der Waals surface area contributed by atoms with Crippen LogP contribution in [-0.4, -0.2) is 41.2 Å². The first kappa shape index (κ1) is 14.3. The Morgan fingerprint density at radius 1 is 1.26 bits per heavy atom. The zero-order valence-corrected chi connectivity index (χ0v) is 11.2. The third kappa shape index (κ3) is 3.70. The van der Waals surface area contributed by atoms with Crippen molar-refractivity contribution in [3.05, 3.63) is 28.8 Å². The Hall–Kier alpha value is -1.08. The molecule has 0 unspecified atom stereocenters. The monoisotopic (exact) mass is 282 g/mol. The Morgan fingerprint density at radius 3 is 2.53 bits per heavy atom. The Bertz CT molecular complexity index is 464. The topological polar surface area (TPSA) is 72.8 Å². The second-order valence-electron chi connectivity index (χ2n) is 4.60. The maximum atomic E-state index is 12.1. The fraction of sp³-hybridized carbons (Fsp3) is 0.417. The van der Waals surface area contributed by atoms with Crippen molar-refractivity contribution in [3.63, 3.8) is 0 Å². The lowest BCUT2D eigenvalue weighted by molar-refractivity contribution is 0.0750. The molecule has 2 rings (SSSR count). The van der Waals surface area contributed by atoms with Gasteiger partial charge in [0.15, 0.2) is 0 Å². The third-order valence-corrected chi connectivity index (χ3v) is 3.46. The molecule has 1 aromatic rings. The second kappa shape index (κ2) is 6.39. The molecule has 0 saturated carbocycles. The minimum Gasteiger partial charge on any atom is -0.423 e. The number of hydrogen-bond acceptors (Lipinski definition) is 4. The van der Waals surface area contributed by atoms with Crippen molar-refractivity contribution < 1.29 is 14.8 Å². The summed E-state index contributed by atoms with van der Waals surface area (Å²) in [5.41, 5.74) is 3.40. The summed E-state index contributed by atoms with van der Waals surface area (Å²) in [6, 6.07) is 4.36. The van der Waals surface area contributed by atoms with Crippen LogP contribution in [0.4, 0.5) is 0 Å². The van der Waals surface area contributed by atoms with Crippen molar-refractivity contribution in [1.82, 2.24) is 10.4 Å². The minimum atomic E-state index is -1.59. The van der Waals surface area contributed by atoms with Crippen LogP contribution < -0.4 is 10.9 Å². The zero-order chi connectivity index (χ0) is 13.8. The highest BCUT2D eigenvalue weighted by atomic mass is 35.5. The summed E-state index contributed by atoms with van der Waals surface area (Å²) in [5, 5.41) is 20.1. The van der Waals surface area contributed by atoms with E-state index in [0.29, 0.717) is 5.56 Å². The molecule has 1 heterocycles. The van der Waals surface area contributed by atoms with Crippen molar-refractivity contribution in [2.75, 3.05) is 13.1 Å². The molecule has 0 atom stereocenters. The number of hydrogen-bond donors (Lipinski definition) is 3. The van der Waals surface area contributed by atoms with E-state index >= 15 is 0 Å². The van der Waals surface area contributed by atoms with Crippen molar-refractivity contribution in [2.45, 2.75) is 19.3 Å². The minimum absolute atomic E-state index is 0.208. The highest BCUT2D eigenvalue weighted by molar-refractivity contribution is 6.59. The van der Waals surface area contributed by atoms with Crippen LogP contribution in [0.5, 0.6) is 0 Å². The number of hydrazine groups is 1. The molecular formula is C12H16BClN2O3. The molecule has 1 aliphatic rings. The SMILES string of the molecule is O=C(NN1CCCCC1)c1ccc(B(O)O)cc1Cl. The van der Waals surface area contributed by atoms with E-state index in [1.165, 1.54) is 24.6 Å². The van der Waals surface area contributed by atoms with Gasteiger partial charge < -0.3 is 10.0 Å². The molecule has 3 N–H and O–H groups in total. The fourth-order valence-corrected chi connectivity index (χ4v) is 2.36. The standard InChI is InChI=1S/C12H16BClN2O3/c14-11-8-9(13(18)19)4-5-10(11)12(17)15-16-6-2-1-3-7-16/h4-5,8,18-19H,1-3,6-7H2,(H,15,17). The summed E-state index contributed by atoms with van der Waals surface area (Å²) in [6.07, 6.45) is 3.34. The van der Waals surface area contributed by atoms with Gasteiger partial charge in [0.25, 0.3) is 5.91 Å². The van der Waals surface area contributed by atoms with Gasteiger partial charge in [-0.1, -0.05) is 24.1 Å². The van der Waals surface area contributed by atoms with E-state index in [2.05, 4.69) is 5.43 Å². The molecule has 0 radical (unpaired) electrons. The normalized spacial score (nSPS) is 16.2. The average Bonchev–Trinajstić information content (AvgIpc) is 2.39. The molecule has 0 aromatic heterocycles. The number of halogens is 1. The van der Waals surface area contributed by atoms with Gasteiger partial charge in [-0.05, 0) is 30.4 Å². The van der Waals surface area contributed by atoms with Gasteiger partial charge in [-0.15, -0.1) is 0 Å². The first-order valence-electron chi connectivity index (χ1n) is 6.29. The molecule has 0 bridgehead atoms. The molecule has 7 heteroatoms. The number of nitrogens with zero attached hydrogens (tertiary/aromatic N) is 1. The Labute approximate surface area is 117 Å². The fourth-order valence-electron chi connectivity index (χ4n) is 2.09. The van der Waals surface area contributed by atoms with E-state index in [0.717, 1.165) is 25.9 Å². The molecule has 1 amide bonds. The summed E-state index contributed by atoms with van der Waals surface area (Å²) in [7, 11) is -1.59. The summed E-state index contributed by atoms with van der Waals surface area (Å²) in [6.45, 7) is 1.69. The molecule has 1 aromatic carbocycles. The van der Waals surface area contributed by atoms with E-state index < -0.39 is 7.12 Å². The summed E-state index contributed by atoms with van der Waals surface area (Å²) >= 11 is 5.98. The van der Waals surface area contributed by atoms with Crippen molar-refractivity contribution in [1.29, 1.82) is 0 Å². The van der Waals surface area contributed by atoms with Gasteiger partial charge in [-0.2, -0.15) is 0 Å². The highest BCUT2D eigenvalue weighted by Crippen LogP contribution is 2.15. The van der Waals surface area contributed by atoms with Crippen LogP contribution in [0, 0.1) is 0 Å². The van der Waals surface area contributed by atoms with Crippen LogP contribution in [0.1, 0.15) is 29.6 Å². The second-order valence-corrected chi connectivity index (χ2v) is 5.01. The largest absolute Gasteiger partial charge is 0.488 e. The van der Waals surface area contributed by atoms with E-state index in [-0.39, 0.29) is 16.4 Å². The lowest BCUT2D eigenvalue weighted by atomic mass is 9.80. The van der Waals surface area contributed by atoms with Crippen molar-refractivity contribution >= 4 is 30.1 Å². The molecule has 5 nitrogen and oxygen atoms in total. The van der Waals surface area contributed by atoms with E-state index in [1.807, 2.05) is 5.01 Å². The first-order chi connectivity index (χ1) is 9.08. The first-order valence-corrected chi connectivity index (χ1v) is 6.67. The quantitative estimate of drug-likeness (QED) is 0.690. The summed E-state index contributed by atoms with van der Waals surface area (Å²) in [4.78, 5) is 12.1. The van der Waals surface area contributed by atoms with Crippen LogP contribution in [0.3, 0.4) is 0 Å². The van der Waals surface area contributed by atoms with Crippen molar-refractivity contribution in [3.8, 4) is 0 Å². The van der Waals surface area contributed by atoms with Gasteiger partial charge in [-0.3, -0.25) is 10.2 Å². The Morgan fingerprint density at radius 2 is 1.95 bits per heavy atom. The number of carbonyl (C=O) groups excluding carboxylic acids is 1. The number of carbonyl (C=O) groups is 1. The number of rotatable bonds is 3. The van der Waals surface area contributed by atoms with Gasteiger partial charge in [0.1, 0.15) is 0 Å². The molecule has 0 aliphatic carbocycles. The maximum absolute atomic E-state index is 12.1. The molecule has 1 aliphatic heterocycles. The van der Waals surface area contributed by atoms with Crippen molar-refractivity contribution in [2.24, 2.45) is 0 Å². The lowest BCUT2D eigenvalue weighted by Crippen LogP contribution is -2.45. The van der Waals surface area contributed by atoms with Gasteiger partial charge >= 0.3 is 7.12 Å². The number of amides is 1. The van der Waals surface area contributed by atoms with Gasteiger partial charge in [0.2, 0.25) is 0 Å². The van der Waals surface area contributed by atoms with Gasteiger partial charge in [0, 0.05) is 13.1 Å². The van der Waals surface area contributed by atoms with Gasteiger partial charge in [-0.25, -0.2) is 5.01 Å². The molecule has 102 valence electrons. The molecule has 1 saturated heterocycles. The zero-order valence-electron chi connectivity index (χ0n) is 10.5. The molecule has 1 fully saturated rings. The van der Waals surface area contributed by atoms with Crippen LogP contribution >= 0.6 is 11.6 Å². The smallest absolute Gasteiger partial charge is 0.423 e.